The Hall–Kier alpha value is -1.98. The summed E-state index contributed by atoms with van der Waals surface area (Å²) < 4.78 is 0. The van der Waals surface area contributed by atoms with E-state index in [0.29, 0.717) is 11.1 Å². The number of rotatable bonds is 1. The van der Waals surface area contributed by atoms with Gasteiger partial charge in [-0.05, 0) is 18.6 Å². The fraction of sp³-hybridized carbons (Fsp3) is 0.250. The van der Waals surface area contributed by atoms with Gasteiger partial charge >= 0.3 is 5.97 Å². The van der Waals surface area contributed by atoms with E-state index in [1.807, 2.05) is 0 Å². The molecule has 2 aliphatic rings. The summed E-state index contributed by atoms with van der Waals surface area (Å²) in [4.78, 5) is 21.8. The van der Waals surface area contributed by atoms with Gasteiger partial charge in [-0.3, -0.25) is 4.79 Å². The molecule has 72 valence electrons. The number of carbonyl (C=O) groups is 2. The molecule has 0 saturated heterocycles. The lowest BCUT2D eigenvalue weighted by molar-refractivity contribution is -0.133. The number of hydrogen-bond donors (Lipinski definition) is 2. The number of fused-ring (bicyclic) bond motifs is 1. The van der Waals surface area contributed by atoms with Gasteiger partial charge in [0, 0.05) is 0 Å². The molecule has 1 atom stereocenters. The molecular weight excluding hydrogens is 186 g/mol. The second kappa shape index (κ2) is 2.76. The van der Waals surface area contributed by atoms with Crippen LogP contribution in [0, 0.1) is 0 Å². The zero-order chi connectivity index (χ0) is 10.3. The van der Waals surface area contributed by atoms with Crippen molar-refractivity contribution in [2.24, 2.45) is 10.2 Å². The summed E-state index contributed by atoms with van der Waals surface area (Å²) in [7, 11) is 0. The molecule has 0 radical (unpaired) electrons. The molecule has 0 saturated carbocycles. The lowest BCUT2D eigenvalue weighted by atomic mass is 10.0. The Bertz CT molecular complexity index is 420. The third-order valence-corrected chi connectivity index (χ3v) is 2.08. The van der Waals surface area contributed by atoms with Crippen molar-refractivity contribution < 1.29 is 14.7 Å². The Kier molecular flexibility index (Phi) is 1.70. The van der Waals surface area contributed by atoms with E-state index in [1.165, 1.54) is 6.08 Å². The lowest BCUT2D eigenvalue weighted by Gasteiger charge is -2.18. The highest BCUT2D eigenvalue weighted by Crippen LogP contribution is 2.24. The topological polar surface area (TPSA) is 91.1 Å². The first-order valence-corrected chi connectivity index (χ1v) is 3.97. The van der Waals surface area contributed by atoms with Crippen LogP contribution in [0.25, 0.3) is 0 Å². The zero-order valence-electron chi connectivity index (χ0n) is 7.31. The summed E-state index contributed by atoms with van der Waals surface area (Å²) >= 11 is 0. The summed E-state index contributed by atoms with van der Waals surface area (Å²) in [5, 5.41) is 18.3. The van der Waals surface area contributed by atoms with E-state index in [2.05, 4.69) is 15.5 Å². The first-order valence-electron chi connectivity index (χ1n) is 3.97. The number of amides is 1. The highest BCUT2D eigenvalue weighted by atomic mass is 16.4. The van der Waals surface area contributed by atoms with Gasteiger partial charge in [-0.25, -0.2) is 4.79 Å². The van der Waals surface area contributed by atoms with E-state index in [-0.39, 0.29) is 5.70 Å². The number of carbonyl (C=O) groups excluding carboxylic acids is 1. The monoisotopic (exact) mass is 193 g/mol. The number of hydrogen-bond acceptors (Lipinski definition) is 4. The Morgan fingerprint density at radius 3 is 3.00 bits per heavy atom. The van der Waals surface area contributed by atoms with Crippen LogP contribution in [-0.4, -0.2) is 23.1 Å². The maximum atomic E-state index is 11.2. The molecule has 0 aromatic rings. The van der Waals surface area contributed by atoms with Crippen molar-refractivity contribution in [3.05, 3.63) is 22.9 Å². The van der Waals surface area contributed by atoms with Gasteiger partial charge in [0.2, 0.25) is 0 Å². The minimum atomic E-state index is -1.07. The van der Waals surface area contributed by atoms with Gasteiger partial charge in [0.1, 0.15) is 5.70 Å². The van der Waals surface area contributed by atoms with E-state index < -0.39 is 18.0 Å². The fourth-order valence-electron chi connectivity index (χ4n) is 1.43. The number of azo groups is 1. The summed E-state index contributed by atoms with van der Waals surface area (Å²) in [6.07, 6.45) is 0.779. The van der Waals surface area contributed by atoms with Crippen LogP contribution >= 0.6 is 0 Å². The van der Waals surface area contributed by atoms with Crippen LogP contribution < -0.4 is 5.32 Å². The molecule has 1 amide bonds. The molecule has 0 aromatic heterocycles. The molecular formula is C8H7N3O3. The smallest absolute Gasteiger partial charge is 0.352 e. The highest BCUT2D eigenvalue weighted by Gasteiger charge is 2.32. The average Bonchev–Trinajstić information content (AvgIpc) is 2.48. The third-order valence-electron chi connectivity index (χ3n) is 2.08. The fourth-order valence-corrected chi connectivity index (χ4v) is 1.43. The molecule has 0 bridgehead atoms. The van der Waals surface area contributed by atoms with Crippen LogP contribution in [0.5, 0.6) is 0 Å². The van der Waals surface area contributed by atoms with Gasteiger partial charge in [0.25, 0.3) is 5.91 Å². The predicted octanol–water partition coefficient (Wildman–Crippen LogP) is 0.193. The Morgan fingerprint density at radius 2 is 2.36 bits per heavy atom. The van der Waals surface area contributed by atoms with Gasteiger partial charge < -0.3 is 10.4 Å². The minimum Gasteiger partial charge on any atom is -0.477 e. The van der Waals surface area contributed by atoms with Crippen molar-refractivity contribution in [2.75, 3.05) is 0 Å². The molecule has 0 fully saturated rings. The summed E-state index contributed by atoms with van der Waals surface area (Å²) in [6.45, 7) is 1.67. The molecule has 6 heteroatoms. The number of aliphatic carboxylic acids is 1. The second-order valence-corrected chi connectivity index (χ2v) is 3.03. The Morgan fingerprint density at radius 1 is 1.64 bits per heavy atom. The average molecular weight is 193 g/mol. The minimum absolute atomic E-state index is 0.0323. The van der Waals surface area contributed by atoms with Crippen molar-refractivity contribution in [3.63, 3.8) is 0 Å². The normalized spacial score (nSPS) is 24.5. The molecule has 0 aliphatic carbocycles. The lowest BCUT2D eigenvalue weighted by Crippen LogP contribution is -2.34. The molecule has 2 heterocycles. The van der Waals surface area contributed by atoms with Crippen LogP contribution in [0.1, 0.15) is 6.92 Å². The first kappa shape index (κ1) is 8.61. The third kappa shape index (κ3) is 1.12. The van der Waals surface area contributed by atoms with Crippen LogP contribution in [0.2, 0.25) is 0 Å². The van der Waals surface area contributed by atoms with Crippen LogP contribution in [0.15, 0.2) is 33.1 Å². The van der Waals surface area contributed by atoms with Gasteiger partial charge in [-0.2, -0.15) is 5.11 Å². The quantitative estimate of drug-likeness (QED) is 0.622. The maximum absolute atomic E-state index is 11.2. The van der Waals surface area contributed by atoms with E-state index in [9.17, 15) is 9.59 Å². The van der Waals surface area contributed by atoms with E-state index in [0.717, 1.165) is 0 Å². The number of dihydropyridines is 1. The molecule has 2 rings (SSSR count). The van der Waals surface area contributed by atoms with Gasteiger partial charge in [0.05, 0.1) is 5.57 Å². The van der Waals surface area contributed by atoms with E-state index in [1.54, 1.807) is 6.92 Å². The molecule has 2 aliphatic heterocycles. The van der Waals surface area contributed by atoms with Crippen LogP contribution in [0.4, 0.5) is 0 Å². The highest BCUT2D eigenvalue weighted by molar-refractivity contribution is 5.99. The SMILES string of the molecule is CC1=C2C(=O)N=NC2NC(C(=O)O)=C1. The van der Waals surface area contributed by atoms with E-state index in [4.69, 9.17) is 5.11 Å². The standard InChI is InChI=1S/C8H7N3O3/c1-3-2-4(8(13)14)9-6-5(3)7(12)11-10-6/h2,6,9H,1H3,(H,13,14). The van der Waals surface area contributed by atoms with Gasteiger partial charge in [-0.1, -0.05) is 0 Å². The van der Waals surface area contributed by atoms with Crippen molar-refractivity contribution in [2.45, 2.75) is 13.1 Å². The molecule has 1 unspecified atom stereocenters. The van der Waals surface area contributed by atoms with Crippen molar-refractivity contribution in [3.8, 4) is 0 Å². The van der Waals surface area contributed by atoms with Crippen LogP contribution in [0.3, 0.4) is 0 Å². The largest absolute Gasteiger partial charge is 0.477 e. The molecule has 0 aromatic carbocycles. The molecule has 0 spiro atoms. The molecule has 14 heavy (non-hydrogen) atoms. The number of allylic oxidation sites excluding steroid dienone is 2. The Labute approximate surface area is 79.0 Å². The van der Waals surface area contributed by atoms with Crippen molar-refractivity contribution in [1.82, 2.24) is 5.32 Å². The predicted molar refractivity (Wildman–Crippen MR) is 45.2 cm³/mol. The number of nitrogens with zero attached hydrogens (tertiary/aromatic N) is 2. The zero-order valence-corrected chi connectivity index (χ0v) is 7.31. The maximum Gasteiger partial charge on any atom is 0.352 e. The van der Waals surface area contributed by atoms with Gasteiger partial charge in [-0.15, -0.1) is 5.11 Å². The number of carboxylic acid groups (broad SMARTS) is 1. The summed E-state index contributed by atoms with van der Waals surface area (Å²) in [5.74, 6) is -1.47. The second-order valence-electron chi connectivity index (χ2n) is 3.03. The first-order chi connectivity index (χ1) is 6.59. The van der Waals surface area contributed by atoms with Crippen molar-refractivity contribution >= 4 is 11.9 Å². The van der Waals surface area contributed by atoms with Gasteiger partial charge in [0.15, 0.2) is 6.17 Å². The summed E-state index contributed by atoms with van der Waals surface area (Å²) in [6, 6.07) is 0. The van der Waals surface area contributed by atoms with E-state index >= 15 is 0 Å². The summed E-state index contributed by atoms with van der Waals surface area (Å²) in [5.41, 5.74) is 1.06. The molecule has 6 nitrogen and oxygen atoms in total. The Balaban J connectivity index is 2.45. The number of nitrogens with one attached hydrogen (secondary N) is 1. The van der Waals surface area contributed by atoms with Crippen molar-refractivity contribution in [1.29, 1.82) is 0 Å². The van der Waals surface area contributed by atoms with Crippen LogP contribution in [-0.2, 0) is 9.59 Å². The number of carboxylic acids is 1. The molecule has 2 N–H and O–H groups in total.